The van der Waals surface area contributed by atoms with Crippen molar-refractivity contribution < 1.29 is 9.47 Å². The van der Waals surface area contributed by atoms with E-state index in [9.17, 15) is 0 Å². The van der Waals surface area contributed by atoms with Crippen LogP contribution in [0.1, 0.15) is 5.56 Å². The second-order valence-electron chi connectivity index (χ2n) is 3.98. The summed E-state index contributed by atoms with van der Waals surface area (Å²) in [6.07, 6.45) is 0. The van der Waals surface area contributed by atoms with Crippen LogP contribution in [0.25, 0.3) is 0 Å². The van der Waals surface area contributed by atoms with E-state index in [2.05, 4.69) is 15.9 Å². The van der Waals surface area contributed by atoms with Gasteiger partial charge in [-0.2, -0.15) is 0 Å². The van der Waals surface area contributed by atoms with Crippen LogP contribution in [0.15, 0.2) is 53.0 Å². The smallest absolute Gasteiger partial charge is 0.119 e. The summed E-state index contributed by atoms with van der Waals surface area (Å²) in [5.41, 5.74) is 1.10. The topological polar surface area (TPSA) is 18.5 Å². The van der Waals surface area contributed by atoms with Crippen LogP contribution >= 0.6 is 27.5 Å². The Bertz CT molecular complexity index is 449. The van der Waals surface area contributed by atoms with Crippen molar-refractivity contribution in [3.8, 4) is 5.75 Å². The van der Waals surface area contributed by atoms with Gasteiger partial charge in [0.1, 0.15) is 12.4 Å². The Morgan fingerprint density at radius 2 is 1.58 bits per heavy atom. The van der Waals surface area contributed by atoms with Crippen LogP contribution in [0, 0.1) is 0 Å². The third-order valence-corrected chi connectivity index (χ3v) is 3.27. The number of benzene rings is 2. The molecule has 0 aliphatic heterocycles. The number of ether oxygens (including phenoxy) is 2. The van der Waals surface area contributed by atoms with Gasteiger partial charge in [0, 0.05) is 9.50 Å². The van der Waals surface area contributed by atoms with Gasteiger partial charge >= 0.3 is 0 Å². The summed E-state index contributed by atoms with van der Waals surface area (Å²) in [6, 6.07) is 15.4. The average molecular weight is 342 g/mol. The van der Waals surface area contributed by atoms with Gasteiger partial charge in [0.05, 0.1) is 13.2 Å². The maximum absolute atomic E-state index is 5.81. The fraction of sp³-hybridized carbons (Fsp3) is 0.200. The molecule has 0 bridgehead atoms. The number of hydrogen-bond donors (Lipinski definition) is 0. The summed E-state index contributed by atoms with van der Waals surface area (Å²) in [6.45, 7) is 1.66. The Morgan fingerprint density at radius 1 is 0.895 bits per heavy atom. The lowest BCUT2D eigenvalue weighted by Crippen LogP contribution is -2.06. The minimum Gasteiger partial charge on any atom is -0.491 e. The maximum atomic E-state index is 5.81. The van der Waals surface area contributed by atoms with Gasteiger partial charge < -0.3 is 9.47 Å². The van der Waals surface area contributed by atoms with Crippen molar-refractivity contribution in [3.63, 3.8) is 0 Å². The van der Waals surface area contributed by atoms with Gasteiger partial charge in [0.25, 0.3) is 0 Å². The molecule has 0 amide bonds. The lowest BCUT2D eigenvalue weighted by Gasteiger charge is -2.07. The maximum Gasteiger partial charge on any atom is 0.119 e. The SMILES string of the molecule is Clc1ccc(COCCOc2ccc(Br)cc2)cc1. The van der Waals surface area contributed by atoms with Crippen molar-refractivity contribution in [2.24, 2.45) is 0 Å². The van der Waals surface area contributed by atoms with Crippen molar-refractivity contribution in [1.29, 1.82) is 0 Å². The lowest BCUT2D eigenvalue weighted by molar-refractivity contribution is 0.0889. The molecule has 19 heavy (non-hydrogen) atoms. The molecule has 0 fully saturated rings. The minimum absolute atomic E-state index is 0.537. The molecule has 0 saturated heterocycles. The number of hydrogen-bond acceptors (Lipinski definition) is 2. The molecule has 0 heterocycles. The molecule has 2 nitrogen and oxygen atoms in total. The molecule has 0 unspecified atom stereocenters. The summed E-state index contributed by atoms with van der Waals surface area (Å²) in [4.78, 5) is 0. The van der Waals surface area contributed by atoms with E-state index in [1.165, 1.54) is 0 Å². The van der Waals surface area contributed by atoms with Gasteiger partial charge in [-0.1, -0.05) is 39.7 Å². The highest BCUT2D eigenvalue weighted by atomic mass is 79.9. The van der Waals surface area contributed by atoms with E-state index in [0.717, 1.165) is 20.8 Å². The average Bonchev–Trinajstić information content (AvgIpc) is 2.43. The zero-order valence-corrected chi connectivity index (χ0v) is 12.7. The lowest BCUT2D eigenvalue weighted by atomic mass is 10.2. The second kappa shape index (κ2) is 7.53. The molecule has 4 heteroatoms. The molecule has 2 rings (SSSR count). The first-order chi connectivity index (χ1) is 9.24. The normalized spacial score (nSPS) is 10.4. The van der Waals surface area contributed by atoms with Crippen LogP contribution in [0.2, 0.25) is 5.02 Å². The quantitative estimate of drug-likeness (QED) is 0.709. The van der Waals surface area contributed by atoms with E-state index < -0.39 is 0 Å². The second-order valence-corrected chi connectivity index (χ2v) is 5.33. The molecule has 0 aliphatic carbocycles. The summed E-state index contributed by atoms with van der Waals surface area (Å²) >= 11 is 9.19. The molecule has 2 aromatic rings. The Hall–Kier alpha value is -1.03. The third-order valence-electron chi connectivity index (χ3n) is 2.49. The zero-order chi connectivity index (χ0) is 13.5. The van der Waals surface area contributed by atoms with E-state index in [1.54, 1.807) is 0 Å². The molecular weight excluding hydrogens is 328 g/mol. The van der Waals surface area contributed by atoms with Gasteiger partial charge in [-0.25, -0.2) is 0 Å². The van der Waals surface area contributed by atoms with Crippen molar-refractivity contribution in [2.45, 2.75) is 6.61 Å². The Balaban J connectivity index is 1.64. The van der Waals surface area contributed by atoms with Crippen LogP contribution in [0.5, 0.6) is 5.75 Å². The van der Waals surface area contributed by atoms with E-state index >= 15 is 0 Å². The highest BCUT2D eigenvalue weighted by Gasteiger charge is 1.96. The van der Waals surface area contributed by atoms with Crippen LogP contribution in [0.4, 0.5) is 0 Å². The summed E-state index contributed by atoms with van der Waals surface area (Å²) < 4.78 is 12.1. The first-order valence-corrected chi connectivity index (χ1v) is 7.12. The van der Waals surface area contributed by atoms with Gasteiger partial charge in [0.2, 0.25) is 0 Å². The highest BCUT2D eigenvalue weighted by Crippen LogP contribution is 2.16. The number of rotatable bonds is 6. The minimum atomic E-state index is 0.537. The fourth-order valence-electron chi connectivity index (χ4n) is 1.52. The highest BCUT2D eigenvalue weighted by molar-refractivity contribution is 9.10. The Kier molecular flexibility index (Phi) is 5.70. The van der Waals surface area contributed by atoms with Crippen molar-refractivity contribution >= 4 is 27.5 Å². The van der Waals surface area contributed by atoms with E-state index in [-0.39, 0.29) is 0 Å². The molecule has 0 aromatic heterocycles. The summed E-state index contributed by atoms with van der Waals surface area (Å²) in [7, 11) is 0. The van der Waals surface area contributed by atoms with Crippen molar-refractivity contribution in [2.75, 3.05) is 13.2 Å². The first-order valence-electron chi connectivity index (χ1n) is 5.94. The largest absolute Gasteiger partial charge is 0.491 e. The predicted octanol–water partition coefficient (Wildman–Crippen LogP) is 4.70. The zero-order valence-electron chi connectivity index (χ0n) is 10.3. The molecule has 0 aliphatic rings. The van der Waals surface area contributed by atoms with Gasteiger partial charge in [-0.05, 0) is 42.0 Å². The Morgan fingerprint density at radius 3 is 2.26 bits per heavy atom. The molecule has 2 aromatic carbocycles. The van der Waals surface area contributed by atoms with Crippen LogP contribution in [-0.4, -0.2) is 13.2 Å². The molecular formula is C15H14BrClO2. The van der Waals surface area contributed by atoms with Crippen molar-refractivity contribution in [3.05, 3.63) is 63.6 Å². The number of halogens is 2. The van der Waals surface area contributed by atoms with Crippen LogP contribution in [-0.2, 0) is 11.3 Å². The molecule has 0 spiro atoms. The van der Waals surface area contributed by atoms with Crippen LogP contribution in [0.3, 0.4) is 0 Å². The van der Waals surface area contributed by atoms with E-state index in [0.29, 0.717) is 19.8 Å². The van der Waals surface area contributed by atoms with Gasteiger partial charge in [-0.15, -0.1) is 0 Å². The third kappa shape index (κ3) is 5.23. The standard InChI is InChI=1S/C15H14BrClO2/c16-13-3-7-15(8-4-13)19-10-9-18-11-12-1-5-14(17)6-2-12/h1-8H,9-11H2. The molecule has 0 radical (unpaired) electrons. The van der Waals surface area contributed by atoms with Crippen LogP contribution < -0.4 is 4.74 Å². The molecule has 0 N–H and O–H groups in total. The summed E-state index contributed by atoms with van der Waals surface area (Å²) in [5.74, 6) is 0.846. The van der Waals surface area contributed by atoms with Gasteiger partial charge in [-0.3, -0.25) is 0 Å². The van der Waals surface area contributed by atoms with E-state index in [4.69, 9.17) is 21.1 Å². The molecule has 0 saturated carbocycles. The Labute approximate surface area is 126 Å². The first kappa shape index (κ1) is 14.4. The van der Waals surface area contributed by atoms with E-state index in [1.807, 2.05) is 48.5 Å². The fourth-order valence-corrected chi connectivity index (χ4v) is 1.91. The summed E-state index contributed by atoms with van der Waals surface area (Å²) in [5, 5.41) is 0.738. The van der Waals surface area contributed by atoms with Crippen molar-refractivity contribution in [1.82, 2.24) is 0 Å². The monoisotopic (exact) mass is 340 g/mol. The van der Waals surface area contributed by atoms with Gasteiger partial charge in [0.15, 0.2) is 0 Å². The molecule has 100 valence electrons. The molecule has 0 atom stereocenters. The predicted molar refractivity (Wildman–Crippen MR) is 80.7 cm³/mol.